The van der Waals surface area contributed by atoms with Crippen molar-refractivity contribution in [3.63, 3.8) is 0 Å². The van der Waals surface area contributed by atoms with Crippen LogP contribution in [0.3, 0.4) is 0 Å². The molecule has 2 aliphatic rings. The number of fused-ring (bicyclic) bond motifs is 2. The van der Waals surface area contributed by atoms with Gasteiger partial charge in [-0.2, -0.15) is 0 Å². The number of benzene rings is 1. The van der Waals surface area contributed by atoms with E-state index in [1.54, 1.807) is 13.8 Å². The van der Waals surface area contributed by atoms with Crippen LogP contribution in [-0.2, 0) is 23.0 Å². The summed E-state index contributed by atoms with van der Waals surface area (Å²) in [6, 6.07) is 6.95. The van der Waals surface area contributed by atoms with E-state index in [1.807, 2.05) is 0 Å². The number of ether oxygens (including phenoxy) is 1. The van der Waals surface area contributed by atoms with Crippen LogP contribution in [-0.4, -0.2) is 52.4 Å². The lowest BCUT2D eigenvalue weighted by Crippen LogP contribution is -2.50. The van der Waals surface area contributed by atoms with E-state index < -0.39 is 12.2 Å². The van der Waals surface area contributed by atoms with E-state index >= 15 is 0 Å². The van der Waals surface area contributed by atoms with Gasteiger partial charge in [-0.15, -0.1) is 0 Å². The van der Waals surface area contributed by atoms with Crippen LogP contribution in [0.1, 0.15) is 37.3 Å². The molecule has 1 aliphatic heterocycles. The monoisotopic (exact) mass is 356 g/mol. The summed E-state index contributed by atoms with van der Waals surface area (Å²) in [6.07, 6.45) is 2.97. The molecule has 5 nitrogen and oxygen atoms in total. The summed E-state index contributed by atoms with van der Waals surface area (Å²) < 4.78 is 7.72. The zero-order chi connectivity index (χ0) is 18.6. The molecular weight excluding hydrogens is 328 g/mol. The van der Waals surface area contributed by atoms with Crippen molar-refractivity contribution in [3.8, 4) is 0 Å². The molecule has 2 heterocycles. The lowest BCUT2D eigenvalue weighted by Gasteiger charge is -2.45. The number of carbonyl (C=O) groups excluding carboxylic acids is 1. The standard InChI is InChI=1S/C21H28N2O3/c1-12(24)13(2)26-21(25)15-8-17-16-6-5-7-18-20(16)14(10-22(18)3)9-19(17)23(4)11-15/h5-7,10,12-13,15,17,19,24H,8-9,11H2,1-4H3. The molecule has 26 heavy (non-hydrogen) atoms. The van der Waals surface area contributed by atoms with Crippen LogP contribution in [0, 0.1) is 5.92 Å². The number of aliphatic hydroxyl groups excluding tert-OH is 1. The van der Waals surface area contributed by atoms with Gasteiger partial charge in [0.25, 0.3) is 0 Å². The second-order valence-corrected chi connectivity index (χ2v) is 8.14. The van der Waals surface area contributed by atoms with Crippen LogP contribution in [0.2, 0.25) is 0 Å². The second kappa shape index (κ2) is 6.39. The molecule has 4 rings (SSSR count). The highest BCUT2D eigenvalue weighted by molar-refractivity contribution is 5.89. The minimum atomic E-state index is -0.650. The molecule has 0 spiro atoms. The molecule has 0 saturated carbocycles. The van der Waals surface area contributed by atoms with E-state index in [0.717, 1.165) is 12.8 Å². The fourth-order valence-corrected chi connectivity index (χ4v) is 4.77. The van der Waals surface area contributed by atoms with Gasteiger partial charge in [-0.1, -0.05) is 12.1 Å². The van der Waals surface area contributed by atoms with Gasteiger partial charge in [0.15, 0.2) is 0 Å². The molecular formula is C21H28N2O3. The first-order chi connectivity index (χ1) is 12.4. The maximum Gasteiger partial charge on any atom is 0.310 e. The van der Waals surface area contributed by atoms with Crippen molar-refractivity contribution in [2.75, 3.05) is 13.6 Å². The van der Waals surface area contributed by atoms with Crippen molar-refractivity contribution in [1.82, 2.24) is 9.47 Å². The van der Waals surface area contributed by atoms with Crippen molar-refractivity contribution in [2.45, 2.75) is 50.9 Å². The van der Waals surface area contributed by atoms with Gasteiger partial charge in [0.2, 0.25) is 0 Å². The Bertz CT molecular complexity index is 841. The van der Waals surface area contributed by atoms with Gasteiger partial charge in [-0.3, -0.25) is 4.79 Å². The number of esters is 1. The first-order valence-corrected chi connectivity index (χ1v) is 9.52. The smallest absolute Gasteiger partial charge is 0.310 e. The largest absolute Gasteiger partial charge is 0.460 e. The first kappa shape index (κ1) is 17.6. The number of likely N-dealkylation sites (tertiary alicyclic amines) is 1. The Labute approximate surface area is 154 Å². The fourth-order valence-electron chi connectivity index (χ4n) is 4.77. The van der Waals surface area contributed by atoms with Crippen LogP contribution < -0.4 is 0 Å². The second-order valence-electron chi connectivity index (χ2n) is 8.14. The maximum absolute atomic E-state index is 12.7. The van der Waals surface area contributed by atoms with Gasteiger partial charge < -0.3 is 19.3 Å². The van der Waals surface area contributed by atoms with E-state index in [4.69, 9.17) is 4.74 Å². The van der Waals surface area contributed by atoms with E-state index in [-0.39, 0.29) is 11.9 Å². The molecule has 5 unspecified atom stereocenters. The van der Waals surface area contributed by atoms with Gasteiger partial charge in [0, 0.05) is 42.7 Å². The number of rotatable bonds is 3. The highest BCUT2D eigenvalue weighted by atomic mass is 16.6. The number of hydrogen-bond acceptors (Lipinski definition) is 4. The topological polar surface area (TPSA) is 54.7 Å². The van der Waals surface area contributed by atoms with E-state index in [9.17, 15) is 9.90 Å². The number of likely N-dealkylation sites (N-methyl/N-ethyl adjacent to an activating group) is 1. The molecule has 1 aromatic heterocycles. The van der Waals surface area contributed by atoms with Crippen molar-refractivity contribution in [1.29, 1.82) is 0 Å². The van der Waals surface area contributed by atoms with E-state index in [0.29, 0.717) is 18.5 Å². The summed E-state index contributed by atoms with van der Waals surface area (Å²) in [5.41, 5.74) is 4.04. The van der Waals surface area contributed by atoms with Gasteiger partial charge in [-0.05, 0) is 50.9 Å². The fraction of sp³-hybridized carbons (Fsp3) is 0.571. The number of carbonyl (C=O) groups is 1. The Morgan fingerprint density at radius 2 is 2.08 bits per heavy atom. The molecule has 140 valence electrons. The van der Waals surface area contributed by atoms with Crippen LogP contribution >= 0.6 is 0 Å². The lowest BCUT2D eigenvalue weighted by molar-refractivity contribution is -0.160. The van der Waals surface area contributed by atoms with Crippen molar-refractivity contribution in [3.05, 3.63) is 35.5 Å². The summed E-state index contributed by atoms with van der Waals surface area (Å²) >= 11 is 0. The van der Waals surface area contributed by atoms with Crippen molar-refractivity contribution >= 4 is 16.9 Å². The number of aromatic nitrogens is 1. The van der Waals surface area contributed by atoms with Gasteiger partial charge in [-0.25, -0.2) is 0 Å². The Kier molecular flexibility index (Phi) is 4.32. The molecule has 1 saturated heterocycles. The molecule has 1 aromatic carbocycles. The predicted molar refractivity (Wildman–Crippen MR) is 101 cm³/mol. The van der Waals surface area contributed by atoms with Crippen molar-refractivity contribution < 1.29 is 14.6 Å². The Morgan fingerprint density at radius 3 is 2.81 bits per heavy atom. The number of piperidine rings is 1. The molecule has 2 aromatic rings. The number of aryl methyl sites for hydroxylation is 1. The third-order valence-corrected chi connectivity index (χ3v) is 6.35. The summed E-state index contributed by atoms with van der Waals surface area (Å²) in [5.74, 6) is 0.00413. The molecule has 1 N–H and O–H groups in total. The molecule has 0 bridgehead atoms. The minimum Gasteiger partial charge on any atom is -0.460 e. The Hall–Kier alpha value is -1.85. The first-order valence-electron chi connectivity index (χ1n) is 9.52. The van der Waals surface area contributed by atoms with Crippen LogP contribution in [0.5, 0.6) is 0 Å². The average Bonchev–Trinajstić information content (AvgIpc) is 2.93. The van der Waals surface area contributed by atoms with E-state index in [2.05, 4.69) is 48.0 Å². The van der Waals surface area contributed by atoms with E-state index in [1.165, 1.54) is 22.0 Å². The Morgan fingerprint density at radius 1 is 1.31 bits per heavy atom. The highest BCUT2D eigenvalue weighted by Crippen LogP contribution is 2.45. The quantitative estimate of drug-likeness (QED) is 0.859. The molecule has 0 radical (unpaired) electrons. The number of nitrogens with zero attached hydrogens (tertiary/aromatic N) is 2. The predicted octanol–water partition coefficient (Wildman–Crippen LogP) is 2.45. The molecule has 1 fully saturated rings. The summed E-state index contributed by atoms with van der Waals surface area (Å²) in [5, 5.41) is 11.0. The third-order valence-electron chi connectivity index (χ3n) is 6.35. The zero-order valence-electron chi connectivity index (χ0n) is 16.0. The van der Waals surface area contributed by atoms with Crippen molar-refractivity contribution in [2.24, 2.45) is 13.0 Å². The van der Waals surface area contributed by atoms with Gasteiger partial charge in [0.05, 0.1) is 12.0 Å². The maximum atomic E-state index is 12.7. The Balaban J connectivity index is 1.65. The summed E-state index contributed by atoms with van der Waals surface area (Å²) in [6.45, 7) is 4.11. The normalized spacial score (nSPS) is 27.8. The summed E-state index contributed by atoms with van der Waals surface area (Å²) in [7, 11) is 4.22. The minimum absolute atomic E-state index is 0.150. The highest BCUT2D eigenvalue weighted by Gasteiger charge is 2.42. The van der Waals surface area contributed by atoms with Crippen LogP contribution in [0.4, 0.5) is 0 Å². The summed E-state index contributed by atoms with van der Waals surface area (Å²) in [4.78, 5) is 15.0. The molecule has 5 heteroatoms. The van der Waals surface area contributed by atoms with Crippen LogP contribution in [0.15, 0.2) is 24.4 Å². The molecule has 5 atom stereocenters. The molecule has 0 amide bonds. The van der Waals surface area contributed by atoms with Gasteiger partial charge in [0.1, 0.15) is 6.10 Å². The lowest BCUT2D eigenvalue weighted by atomic mass is 9.72. The van der Waals surface area contributed by atoms with Gasteiger partial charge >= 0.3 is 5.97 Å². The molecule has 1 aliphatic carbocycles. The number of aliphatic hydroxyl groups is 1. The SMILES string of the molecule is CC(O)C(C)OC(=O)C1CC2c3cccc4c3c(cn4C)CC2N(C)C1. The number of hydrogen-bond donors (Lipinski definition) is 1. The van der Waals surface area contributed by atoms with Crippen LogP contribution in [0.25, 0.3) is 10.9 Å². The third kappa shape index (κ3) is 2.74. The average molecular weight is 356 g/mol. The zero-order valence-corrected chi connectivity index (χ0v) is 16.0.